The number of hydrogen-bond donors (Lipinski definition) is 1. The van der Waals surface area contributed by atoms with Gasteiger partial charge in [0.15, 0.2) is 0 Å². The van der Waals surface area contributed by atoms with E-state index in [1.54, 1.807) is 0 Å². The smallest absolute Gasteiger partial charge is 0.279 e. The van der Waals surface area contributed by atoms with Crippen molar-refractivity contribution >= 4 is 53.4 Å². The van der Waals surface area contributed by atoms with E-state index in [1.165, 1.54) is 17.3 Å². The van der Waals surface area contributed by atoms with Gasteiger partial charge in [0.2, 0.25) is 0 Å². The molecule has 1 amide bonds. The fourth-order valence-electron chi connectivity index (χ4n) is 2.81. The molecule has 0 saturated carbocycles. The van der Waals surface area contributed by atoms with Crippen LogP contribution in [0.15, 0.2) is 24.3 Å². The molecule has 0 atom stereocenters. The first-order valence-corrected chi connectivity index (χ1v) is 10.3. The Bertz CT molecular complexity index is 544. The minimum Gasteiger partial charge on any atom is -0.342 e. The van der Waals surface area contributed by atoms with Crippen LogP contribution in [0.5, 0.6) is 0 Å². The second-order valence-corrected chi connectivity index (χ2v) is 9.11. The molecule has 1 fully saturated rings. The Morgan fingerprint density at radius 1 is 1.07 bits per heavy atom. The van der Waals surface area contributed by atoms with E-state index in [-0.39, 0.29) is 35.6 Å². The molecular weight excluding hydrogens is 425 g/mol. The number of thioether (sulfide) groups is 1. The molecule has 0 aliphatic carbocycles. The Hall–Kier alpha value is -0.170. The number of nitrogens with zero attached hydrogens (tertiary/aromatic N) is 2. The SMILES string of the molecule is CC(C)(C)NC(=O)SCCCN1CCN(Cc2ccc(Cl)cc2)CC1.Cl.Cl. The molecule has 27 heavy (non-hydrogen) atoms. The zero-order valence-corrected chi connectivity index (χ0v) is 19.6. The van der Waals surface area contributed by atoms with Crippen LogP contribution in [0.3, 0.4) is 0 Å². The maximum absolute atomic E-state index is 11.8. The predicted molar refractivity (Wildman–Crippen MR) is 123 cm³/mol. The molecule has 1 heterocycles. The lowest BCUT2D eigenvalue weighted by atomic mass is 10.1. The number of carbonyl (C=O) groups is 1. The lowest BCUT2D eigenvalue weighted by molar-refractivity contribution is 0.127. The molecule has 0 bridgehead atoms. The van der Waals surface area contributed by atoms with Gasteiger partial charge >= 0.3 is 0 Å². The molecule has 0 aromatic heterocycles. The van der Waals surface area contributed by atoms with Crippen LogP contribution in [0.4, 0.5) is 4.79 Å². The first kappa shape index (κ1) is 26.8. The number of nitrogens with one attached hydrogen (secondary N) is 1. The largest absolute Gasteiger partial charge is 0.342 e. The molecule has 0 spiro atoms. The summed E-state index contributed by atoms with van der Waals surface area (Å²) in [6.45, 7) is 12.5. The van der Waals surface area contributed by atoms with E-state index in [0.29, 0.717) is 0 Å². The number of halogens is 3. The van der Waals surface area contributed by atoms with Crippen LogP contribution < -0.4 is 5.32 Å². The number of amides is 1. The van der Waals surface area contributed by atoms with Crippen molar-refractivity contribution in [3.8, 4) is 0 Å². The van der Waals surface area contributed by atoms with Crippen molar-refractivity contribution in [2.75, 3.05) is 38.5 Å². The van der Waals surface area contributed by atoms with Crippen molar-refractivity contribution in [2.24, 2.45) is 0 Å². The van der Waals surface area contributed by atoms with Crippen LogP contribution in [-0.4, -0.2) is 59.1 Å². The average molecular weight is 457 g/mol. The third-order valence-corrected chi connectivity index (χ3v) is 5.22. The summed E-state index contributed by atoms with van der Waals surface area (Å²) in [5.74, 6) is 0.882. The number of carbonyl (C=O) groups excluding carboxylic acids is 1. The van der Waals surface area contributed by atoms with Gasteiger partial charge in [-0.3, -0.25) is 9.69 Å². The van der Waals surface area contributed by atoms with Crippen molar-refractivity contribution < 1.29 is 4.79 Å². The predicted octanol–water partition coefficient (Wildman–Crippen LogP) is 4.93. The third-order valence-electron chi connectivity index (χ3n) is 4.11. The Balaban J connectivity index is 0.00000338. The maximum Gasteiger partial charge on any atom is 0.279 e. The second kappa shape index (κ2) is 13.1. The molecule has 2 rings (SSSR count). The molecule has 1 N–H and O–H groups in total. The summed E-state index contributed by atoms with van der Waals surface area (Å²) in [5.41, 5.74) is 1.17. The number of piperazine rings is 1. The van der Waals surface area contributed by atoms with E-state index in [2.05, 4.69) is 27.2 Å². The highest BCUT2D eigenvalue weighted by molar-refractivity contribution is 8.13. The van der Waals surface area contributed by atoms with Gasteiger partial charge in [0.1, 0.15) is 0 Å². The van der Waals surface area contributed by atoms with Gasteiger partial charge in [-0.15, -0.1) is 24.8 Å². The van der Waals surface area contributed by atoms with E-state index in [1.807, 2.05) is 32.9 Å². The topological polar surface area (TPSA) is 35.6 Å². The highest BCUT2D eigenvalue weighted by Gasteiger charge is 2.17. The van der Waals surface area contributed by atoms with Crippen molar-refractivity contribution in [3.63, 3.8) is 0 Å². The maximum atomic E-state index is 11.8. The van der Waals surface area contributed by atoms with Crippen molar-refractivity contribution in [1.82, 2.24) is 15.1 Å². The van der Waals surface area contributed by atoms with E-state index in [4.69, 9.17) is 11.6 Å². The van der Waals surface area contributed by atoms with Gasteiger partial charge in [-0.1, -0.05) is 35.5 Å². The van der Waals surface area contributed by atoms with E-state index in [0.717, 1.165) is 56.5 Å². The van der Waals surface area contributed by atoms with Gasteiger partial charge < -0.3 is 10.2 Å². The lowest BCUT2D eigenvalue weighted by Crippen LogP contribution is -2.46. The molecule has 8 heteroatoms. The molecule has 4 nitrogen and oxygen atoms in total. The quantitative estimate of drug-likeness (QED) is 0.615. The zero-order valence-electron chi connectivity index (χ0n) is 16.4. The minimum atomic E-state index is -0.148. The Labute approximate surface area is 185 Å². The Morgan fingerprint density at radius 2 is 1.63 bits per heavy atom. The average Bonchev–Trinajstić information content (AvgIpc) is 2.54. The number of rotatable bonds is 6. The summed E-state index contributed by atoms with van der Waals surface area (Å²) in [6.07, 6.45) is 1.05. The molecule has 1 aromatic carbocycles. The lowest BCUT2D eigenvalue weighted by Gasteiger charge is -2.34. The van der Waals surface area contributed by atoms with E-state index in [9.17, 15) is 4.79 Å². The second-order valence-electron chi connectivity index (χ2n) is 7.61. The van der Waals surface area contributed by atoms with Crippen LogP contribution in [0.1, 0.15) is 32.8 Å². The van der Waals surface area contributed by atoms with Crippen molar-refractivity contribution in [3.05, 3.63) is 34.9 Å². The summed E-state index contributed by atoms with van der Waals surface area (Å²) in [5, 5.41) is 3.86. The molecule has 0 unspecified atom stereocenters. The summed E-state index contributed by atoms with van der Waals surface area (Å²) in [7, 11) is 0. The highest BCUT2D eigenvalue weighted by atomic mass is 35.5. The molecule has 156 valence electrons. The van der Waals surface area contributed by atoms with Gasteiger partial charge in [0, 0.05) is 49.0 Å². The summed E-state index contributed by atoms with van der Waals surface area (Å²) in [4.78, 5) is 16.8. The fraction of sp³-hybridized carbons (Fsp3) is 0.632. The number of hydrogen-bond acceptors (Lipinski definition) is 4. The van der Waals surface area contributed by atoms with Gasteiger partial charge in [-0.05, 0) is 51.4 Å². The van der Waals surface area contributed by atoms with Crippen molar-refractivity contribution in [1.29, 1.82) is 0 Å². The normalized spacial score (nSPS) is 15.6. The Kier molecular flexibility index (Phi) is 13.0. The molecular formula is C19H32Cl3N3OS. The van der Waals surface area contributed by atoms with Gasteiger partial charge in [0.05, 0.1) is 0 Å². The molecule has 1 aliphatic rings. The van der Waals surface area contributed by atoms with Gasteiger partial charge in [0.25, 0.3) is 5.24 Å². The molecule has 1 aromatic rings. The molecule has 1 aliphatic heterocycles. The van der Waals surface area contributed by atoms with E-state index < -0.39 is 0 Å². The third kappa shape index (κ3) is 11.4. The standard InChI is InChI=1S/C19H30ClN3OS.2ClH/c1-19(2,3)21-18(24)25-14-4-9-22-10-12-23(13-11-22)15-16-5-7-17(20)8-6-16;;/h5-8H,4,9-15H2,1-3H3,(H,21,24);2*1H. The minimum absolute atomic E-state index is 0. The highest BCUT2D eigenvalue weighted by Crippen LogP contribution is 2.14. The van der Waals surface area contributed by atoms with E-state index >= 15 is 0 Å². The summed E-state index contributed by atoms with van der Waals surface area (Å²) < 4.78 is 0. The molecule has 0 radical (unpaired) electrons. The first-order valence-electron chi connectivity index (χ1n) is 8.96. The molecule has 1 saturated heterocycles. The summed E-state index contributed by atoms with van der Waals surface area (Å²) in [6, 6.07) is 8.13. The number of benzene rings is 1. The summed E-state index contributed by atoms with van der Waals surface area (Å²) >= 11 is 7.34. The zero-order chi connectivity index (χ0) is 18.3. The first-order chi connectivity index (χ1) is 11.8. The van der Waals surface area contributed by atoms with Crippen molar-refractivity contribution in [2.45, 2.75) is 39.3 Å². The van der Waals surface area contributed by atoms with Crippen LogP contribution in [0.2, 0.25) is 5.02 Å². The van der Waals surface area contributed by atoms with Crippen LogP contribution >= 0.6 is 48.2 Å². The van der Waals surface area contributed by atoms with Gasteiger partial charge in [-0.25, -0.2) is 0 Å². The monoisotopic (exact) mass is 455 g/mol. The van der Waals surface area contributed by atoms with Crippen LogP contribution in [0.25, 0.3) is 0 Å². The fourth-order valence-corrected chi connectivity index (χ4v) is 3.78. The van der Waals surface area contributed by atoms with Gasteiger partial charge in [-0.2, -0.15) is 0 Å². The van der Waals surface area contributed by atoms with Crippen LogP contribution in [0, 0.1) is 0 Å². The van der Waals surface area contributed by atoms with Crippen LogP contribution in [-0.2, 0) is 6.54 Å². The Morgan fingerprint density at radius 3 is 2.19 bits per heavy atom.